The molecule has 0 radical (unpaired) electrons. The minimum absolute atomic E-state index is 0.172. The first-order valence-electron chi connectivity index (χ1n) is 6.91. The standard InChI is InChI=1S/C17H17NO5/c1-11-9-12(17(20)21)7-8-13(11)18-16(19)10-23-15-6-4-3-5-14(15)22-2/h3-9H,10H2,1-2H3,(H,18,19)(H,20,21). The molecule has 0 heterocycles. The van der Waals surface area contributed by atoms with Crippen LogP contribution < -0.4 is 14.8 Å². The number of aromatic carboxylic acids is 1. The summed E-state index contributed by atoms with van der Waals surface area (Å²) in [5, 5.41) is 11.6. The number of carbonyl (C=O) groups is 2. The fourth-order valence-corrected chi connectivity index (χ4v) is 2.00. The van der Waals surface area contributed by atoms with E-state index in [0.29, 0.717) is 22.7 Å². The van der Waals surface area contributed by atoms with Gasteiger partial charge in [-0.05, 0) is 42.8 Å². The maximum Gasteiger partial charge on any atom is 0.335 e. The van der Waals surface area contributed by atoms with Gasteiger partial charge in [-0.3, -0.25) is 4.79 Å². The highest BCUT2D eigenvalue weighted by Crippen LogP contribution is 2.25. The van der Waals surface area contributed by atoms with Gasteiger partial charge in [0.1, 0.15) is 0 Å². The molecule has 0 bridgehead atoms. The molecule has 0 saturated carbocycles. The van der Waals surface area contributed by atoms with Gasteiger partial charge in [-0.25, -0.2) is 4.79 Å². The lowest BCUT2D eigenvalue weighted by Crippen LogP contribution is -2.21. The molecule has 2 aromatic carbocycles. The molecule has 0 unspecified atom stereocenters. The molecular weight excluding hydrogens is 298 g/mol. The fourth-order valence-electron chi connectivity index (χ4n) is 2.00. The molecule has 0 aliphatic rings. The van der Waals surface area contributed by atoms with Crippen molar-refractivity contribution in [2.45, 2.75) is 6.92 Å². The number of carboxylic acids is 1. The van der Waals surface area contributed by atoms with Crippen molar-refractivity contribution in [3.63, 3.8) is 0 Å². The Hall–Kier alpha value is -3.02. The Bertz CT molecular complexity index is 727. The first kappa shape index (κ1) is 16.4. The summed E-state index contributed by atoms with van der Waals surface area (Å²) in [6.07, 6.45) is 0. The minimum Gasteiger partial charge on any atom is -0.493 e. The zero-order valence-electron chi connectivity index (χ0n) is 12.8. The lowest BCUT2D eigenvalue weighted by molar-refractivity contribution is -0.118. The third-order valence-electron chi connectivity index (χ3n) is 3.18. The lowest BCUT2D eigenvalue weighted by atomic mass is 10.1. The van der Waals surface area contributed by atoms with Gasteiger partial charge in [0.05, 0.1) is 12.7 Å². The lowest BCUT2D eigenvalue weighted by Gasteiger charge is -2.12. The number of amides is 1. The summed E-state index contributed by atoms with van der Waals surface area (Å²) in [6.45, 7) is 1.55. The number of carboxylic acid groups (broad SMARTS) is 1. The predicted molar refractivity (Wildman–Crippen MR) is 85.3 cm³/mol. The number of para-hydroxylation sites is 2. The van der Waals surface area contributed by atoms with Gasteiger partial charge in [0.2, 0.25) is 0 Å². The second-order valence-corrected chi connectivity index (χ2v) is 4.82. The Morgan fingerprint density at radius 2 is 1.83 bits per heavy atom. The fraction of sp³-hybridized carbons (Fsp3) is 0.176. The number of methoxy groups -OCH3 is 1. The number of nitrogens with one attached hydrogen (secondary N) is 1. The third-order valence-corrected chi connectivity index (χ3v) is 3.18. The van der Waals surface area contributed by atoms with Gasteiger partial charge in [-0.15, -0.1) is 0 Å². The number of rotatable bonds is 6. The Morgan fingerprint density at radius 3 is 2.43 bits per heavy atom. The number of anilines is 1. The maximum atomic E-state index is 12.0. The molecule has 120 valence electrons. The van der Waals surface area contributed by atoms with Gasteiger partial charge in [-0.1, -0.05) is 12.1 Å². The van der Waals surface area contributed by atoms with Crippen molar-refractivity contribution < 1.29 is 24.2 Å². The highest BCUT2D eigenvalue weighted by molar-refractivity contribution is 5.94. The van der Waals surface area contributed by atoms with Crippen LogP contribution in [0.2, 0.25) is 0 Å². The zero-order valence-corrected chi connectivity index (χ0v) is 12.8. The summed E-state index contributed by atoms with van der Waals surface area (Å²) in [7, 11) is 1.52. The maximum absolute atomic E-state index is 12.0. The molecule has 0 fully saturated rings. The van der Waals surface area contributed by atoms with Crippen LogP contribution in [0.5, 0.6) is 11.5 Å². The van der Waals surface area contributed by atoms with Gasteiger partial charge in [-0.2, -0.15) is 0 Å². The Labute approximate surface area is 133 Å². The average Bonchev–Trinajstić information content (AvgIpc) is 2.54. The van der Waals surface area contributed by atoms with Gasteiger partial charge in [0, 0.05) is 5.69 Å². The van der Waals surface area contributed by atoms with Gasteiger partial charge < -0.3 is 19.9 Å². The van der Waals surface area contributed by atoms with E-state index in [0.717, 1.165) is 0 Å². The summed E-state index contributed by atoms with van der Waals surface area (Å²) in [4.78, 5) is 22.9. The molecule has 6 nitrogen and oxygen atoms in total. The molecule has 0 aromatic heterocycles. The monoisotopic (exact) mass is 315 g/mol. The topological polar surface area (TPSA) is 84.9 Å². The smallest absolute Gasteiger partial charge is 0.335 e. The molecule has 0 spiro atoms. The van der Waals surface area contributed by atoms with E-state index in [1.165, 1.54) is 19.2 Å². The molecule has 2 N–H and O–H groups in total. The quantitative estimate of drug-likeness (QED) is 0.856. The van der Waals surface area contributed by atoms with Crippen LogP contribution in [-0.2, 0) is 4.79 Å². The number of carbonyl (C=O) groups excluding carboxylic acids is 1. The minimum atomic E-state index is -1.01. The summed E-state index contributed by atoms with van der Waals surface area (Å²) in [5.74, 6) is -0.335. The van der Waals surface area contributed by atoms with Gasteiger partial charge >= 0.3 is 5.97 Å². The van der Waals surface area contributed by atoms with Crippen LogP contribution >= 0.6 is 0 Å². The first-order chi connectivity index (χ1) is 11.0. The molecule has 0 aliphatic heterocycles. The van der Waals surface area contributed by atoms with Crippen LogP contribution in [0.25, 0.3) is 0 Å². The summed E-state index contributed by atoms with van der Waals surface area (Å²) in [6, 6.07) is 11.5. The number of ether oxygens (including phenoxy) is 2. The first-order valence-corrected chi connectivity index (χ1v) is 6.91. The van der Waals surface area contributed by atoms with E-state index in [2.05, 4.69) is 5.32 Å². The number of benzene rings is 2. The van der Waals surface area contributed by atoms with E-state index in [9.17, 15) is 9.59 Å². The second-order valence-electron chi connectivity index (χ2n) is 4.82. The van der Waals surface area contributed by atoms with Crippen molar-refractivity contribution in [1.29, 1.82) is 0 Å². The van der Waals surface area contributed by atoms with Crippen molar-refractivity contribution in [3.05, 3.63) is 53.6 Å². The van der Waals surface area contributed by atoms with E-state index in [-0.39, 0.29) is 18.1 Å². The summed E-state index contributed by atoms with van der Waals surface area (Å²) >= 11 is 0. The summed E-state index contributed by atoms with van der Waals surface area (Å²) < 4.78 is 10.6. The van der Waals surface area contributed by atoms with Crippen molar-refractivity contribution in [2.75, 3.05) is 19.0 Å². The highest BCUT2D eigenvalue weighted by Gasteiger charge is 2.10. The second kappa shape index (κ2) is 7.31. The molecule has 0 atom stereocenters. The van der Waals surface area contributed by atoms with E-state index >= 15 is 0 Å². The van der Waals surface area contributed by atoms with Crippen LogP contribution in [0.4, 0.5) is 5.69 Å². The Kier molecular flexibility index (Phi) is 5.19. The van der Waals surface area contributed by atoms with E-state index in [1.54, 1.807) is 37.3 Å². The van der Waals surface area contributed by atoms with Crippen molar-refractivity contribution >= 4 is 17.6 Å². The number of aryl methyl sites for hydroxylation is 1. The van der Waals surface area contributed by atoms with Crippen LogP contribution in [0.15, 0.2) is 42.5 Å². The van der Waals surface area contributed by atoms with E-state index < -0.39 is 5.97 Å². The molecule has 0 saturated heterocycles. The average molecular weight is 315 g/mol. The zero-order chi connectivity index (χ0) is 16.8. The molecule has 23 heavy (non-hydrogen) atoms. The van der Waals surface area contributed by atoms with Crippen molar-refractivity contribution in [3.8, 4) is 11.5 Å². The molecule has 2 aromatic rings. The SMILES string of the molecule is COc1ccccc1OCC(=O)Nc1ccc(C(=O)O)cc1C. The molecule has 2 rings (SSSR count). The molecule has 1 amide bonds. The summed E-state index contributed by atoms with van der Waals surface area (Å²) in [5.41, 5.74) is 1.38. The Morgan fingerprint density at radius 1 is 1.13 bits per heavy atom. The largest absolute Gasteiger partial charge is 0.493 e. The van der Waals surface area contributed by atoms with Crippen LogP contribution in [0.1, 0.15) is 15.9 Å². The van der Waals surface area contributed by atoms with Crippen LogP contribution in [-0.4, -0.2) is 30.7 Å². The van der Waals surface area contributed by atoms with Crippen molar-refractivity contribution in [2.24, 2.45) is 0 Å². The number of hydrogen-bond acceptors (Lipinski definition) is 4. The molecule has 6 heteroatoms. The third kappa shape index (κ3) is 4.23. The van der Waals surface area contributed by atoms with Crippen molar-refractivity contribution in [1.82, 2.24) is 0 Å². The van der Waals surface area contributed by atoms with Gasteiger partial charge in [0.15, 0.2) is 18.1 Å². The van der Waals surface area contributed by atoms with Crippen LogP contribution in [0, 0.1) is 6.92 Å². The molecule has 0 aliphatic carbocycles. The normalized spacial score (nSPS) is 10.0. The highest BCUT2D eigenvalue weighted by atomic mass is 16.5. The Balaban J connectivity index is 1.98. The predicted octanol–water partition coefficient (Wildman–Crippen LogP) is 2.72. The molecular formula is C17H17NO5. The van der Waals surface area contributed by atoms with E-state index in [4.69, 9.17) is 14.6 Å². The van der Waals surface area contributed by atoms with Crippen LogP contribution in [0.3, 0.4) is 0 Å². The number of hydrogen-bond donors (Lipinski definition) is 2. The van der Waals surface area contributed by atoms with Gasteiger partial charge in [0.25, 0.3) is 5.91 Å². The van der Waals surface area contributed by atoms with E-state index in [1.807, 2.05) is 0 Å².